The van der Waals surface area contributed by atoms with E-state index in [-0.39, 0.29) is 6.10 Å². The molecule has 112 valence electrons. The smallest absolute Gasteiger partial charge is 0.120 e. The highest BCUT2D eigenvalue weighted by atomic mass is 16.5. The minimum Gasteiger partial charge on any atom is -0.491 e. The highest BCUT2D eigenvalue weighted by Crippen LogP contribution is 2.29. The Morgan fingerprint density at radius 2 is 2.05 bits per heavy atom. The molecule has 0 spiro atoms. The lowest BCUT2D eigenvalue weighted by molar-refractivity contribution is 0.0608. The van der Waals surface area contributed by atoms with Gasteiger partial charge in [0, 0.05) is 19.3 Å². The molecule has 2 rings (SSSR count). The van der Waals surface area contributed by atoms with E-state index < -0.39 is 0 Å². The van der Waals surface area contributed by atoms with Gasteiger partial charge in [-0.05, 0) is 63.8 Å². The number of benzene rings is 1. The molecular formula is C17H27NO2. The van der Waals surface area contributed by atoms with E-state index >= 15 is 0 Å². The number of hydrogen-bond acceptors (Lipinski definition) is 3. The first-order valence-electron chi connectivity index (χ1n) is 7.70. The zero-order valence-electron chi connectivity index (χ0n) is 12.9. The lowest BCUT2D eigenvalue weighted by Crippen LogP contribution is -2.24. The van der Waals surface area contributed by atoms with Crippen molar-refractivity contribution in [2.75, 3.05) is 20.3 Å². The molecule has 1 aliphatic heterocycles. The molecule has 20 heavy (non-hydrogen) atoms. The molecule has 1 fully saturated rings. The van der Waals surface area contributed by atoms with Crippen LogP contribution in [-0.2, 0) is 4.74 Å². The molecular weight excluding hydrogens is 250 g/mol. The van der Waals surface area contributed by atoms with Crippen molar-refractivity contribution in [3.63, 3.8) is 0 Å². The van der Waals surface area contributed by atoms with Gasteiger partial charge >= 0.3 is 0 Å². The second-order valence-electron chi connectivity index (χ2n) is 5.87. The summed E-state index contributed by atoms with van der Waals surface area (Å²) in [6.45, 7) is 5.95. The maximum atomic E-state index is 5.79. The first-order chi connectivity index (χ1) is 9.69. The van der Waals surface area contributed by atoms with Crippen LogP contribution < -0.4 is 10.1 Å². The molecule has 3 heteroatoms. The van der Waals surface area contributed by atoms with Crippen molar-refractivity contribution in [1.29, 1.82) is 0 Å². The van der Waals surface area contributed by atoms with Crippen LogP contribution in [0.15, 0.2) is 24.3 Å². The number of ether oxygens (including phenoxy) is 2. The van der Waals surface area contributed by atoms with Crippen LogP contribution in [0, 0.1) is 5.92 Å². The maximum Gasteiger partial charge on any atom is 0.120 e. The highest BCUT2D eigenvalue weighted by Gasteiger charge is 2.19. The summed E-state index contributed by atoms with van der Waals surface area (Å²) in [6.07, 6.45) is 3.75. The molecule has 0 saturated carbocycles. The first-order valence-corrected chi connectivity index (χ1v) is 7.70. The Kier molecular flexibility index (Phi) is 5.86. The topological polar surface area (TPSA) is 30.5 Å². The van der Waals surface area contributed by atoms with Gasteiger partial charge < -0.3 is 14.8 Å². The molecule has 1 atom stereocenters. The Bertz CT molecular complexity index is 400. The fourth-order valence-electron chi connectivity index (χ4n) is 2.81. The van der Waals surface area contributed by atoms with E-state index in [9.17, 15) is 0 Å². The van der Waals surface area contributed by atoms with Crippen LogP contribution in [0.2, 0.25) is 0 Å². The summed E-state index contributed by atoms with van der Waals surface area (Å²) in [7, 11) is 2.04. The van der Waals surface area contributed by atoms with Crippen molar-refractivity contribution >= 4 is 0 Å². The quantitative estimate of drug-likeness (QED) is 0.862. The Morgan fingerprint density at radius 1 is 1.30 bits per heavy atom. The van der Waals surface area contributed by atoms with Gasteiger partial charge in [-0.15, -0.1) is 0 Å². The van der Waals surface area contributed by atoms with Crippen LogP contribution in [-0.4, -0.2) is 26.4 Å². The van der Waals surface area contributed by atoms with Crippen LogP contribution in [0.4, 0.5) is 0 Å². The molecule has 0 aromatic heterocycles. The third-order valence-corrected chi connectivity index (χ3v) is 3.89. The predicted molar refractivity (Wildman–Crippen MR) is 82.2 cm³/mol. The Hall–Kier alpha value is -1.06. The zero-order valence-corrected chi connectivity index (χ0v) is 12.9. The lowest BCUT2D eigenvalue weighted by Gasteiger charge is -2.27. The van der Waals surface area contributed by atoms with Crippen molar-refractivity contribution in [3.8, 4) is 5.75 Å². The third-order valence-electron chi connectivity index (χ3n) is 3.89. The molecule has 0 bridgehead atoms. The normalized spacial score (nSPS) is 18.2. The average molecular weight is 277 g/mol. The first kappa shape index (κ1) is 15.3. The predicted octanol–water partition coefficient (Wildman–Crippen LogP) is 3.55. The minimum atomic E-state index is 0.216. The summed E-state index contributed by atoms with van der Waals surface area (Å²) >= 11 is 0. The van der Waals surface area contributed by atoms with E-state index in [0.29, 0.717) is 6.04 Å². The fourth-order valence-corrected chi connectivity index (χ4v) is 2.81. The maximum absolute atomic E-state index is 5.79. The van der Waals surface area contributed by atoms with Crippen LogP contribution in [0.5, 0.6) is 5.75 Å². The average Bonchev–Trinajstić information content (AvgIpc) is 2.45. The fraction of sp³-hybridized carbons (Fsp3) is 0.647. The minimum absolute atomic E-state index is 0.216. The summed E-state index contributed by atoms with van der Waals surface area (Å²) in [6, 6.07) is 8.87. The van der Waals surface area contributed by atoms with Crippen molar-refractivity contribution < 1.29 is 9.47 Å². The van der Waals surface area contributed by atoms with Gasteiger partial charge in [-0.1, -0.05) is 12.1 Å². The molecule has 0 aliphatic carbocycles. The number of nitrogens with one attached hydrogen (secondary N) is 1. The largest absolute Gasteiger partial charge is 0.491 e. The molecule has 3 nitrogen and oxygen atoms in total. The Labute approximate surface area is 122 Å². The highest BCUT2D eigenvalue weighted by molar-refractivity contribution is 5.30. The van der Waals surface area contributed by atoms with Gasteiger partial charge in [0.1, 0.15) is 5.75 Å². The summed E-state index contributed by atoms with van der Waals surface area (Å²) < 4.78 is 11.2. The standard InChI is InChI=1S/C17H27NO2/c1-13(2)20-16-6-4-5-15(12-16)17(18-3)11-14-7-9-19-10-8-14/h4-6,12-14,17-18H,7-11H2,1-3H3. The van der Waals surface area contributed by atoms with E-state index in [1.165, 1.54) is 24.8 Å². The van der Waals surface area contributed by atoms with Crippen LogP contribution in [0.25, 0.3) is 0 Å². The molecule has 0 radical (unpaired) electrons. The van der Waals surface area contributed by atoms with Crippen molar-refractivity contribution in [2.45, 2.75) is 45.3 Å². The van der Waals surface area contributed by atoms with Crippen LogP contribution in [0.3, 0.4) is 0 Å². The van der Waals surface area contributed by atoms with Crippen molar-refractivity contribution in [2.24, 2.45) is 5.92 Å². The SMILES string of the molecule is CNC(CC1CCOCC1)c1cccc(OC(C)C)c1. The second kappa shape index (κ2) is 7.65. The molecule has 1 heterocycles. The van der Waals surface area contributed by atoms with Gasteiger partial charge in [-0.3, -0.25) is 0 Å². The lowest BCUT2D eigenvalue weighted by atomic mass is 9.89. The van der Waals surface area contributed by atoms with Crippen molar-refractivity contribution in [1.82, 2.24) is 5.32 Å². The Morgan fingerprint density at radius 3 is 2.70 bits per heavy atom. The zero-order chi connectivity index (χ0) is 14.4. The van der Waals surface area contributed by atoms with Crippen LogP contribution in [0.1, 0.15) is 44.7 Å². The van der Waals surface area contributed by atoms with Gasteiger partial charge in [0.05, 0.1) is 6.10 Å². The molecule has 1 aliphatic rings. The molecule has 1 unspecified atom stereocenters. The Balaban J connectivity index is 2.02. The summed E-state index contributed by atoms with van der Waals surface area (Å²) in [5, 5.41) is 3.45. The van der Waals surface area contributed by atoms with Gasteiger partial charge in [0.25, 0.3) is 0 Å². The second-order valence-corrected chi connectivity index (χ2v) is 5.87. The van der Waals surface area contributed by atoms with Crippen molar-refractivity contribution in [3.05, 3.63) is 29.8 Å². The molecule has 1 saturated heterocycles. The summed E-state index contributed by atoms with van der Waals surface area (Å²) in [5.41, 5.74) is 1.32. The molecule has 1 aromatic carbocycles. The molecule has 1 aromatic rings. The molecule has 1 N–H and O–H groups in total. The monoisotopic (exact) mass is 277 g/mol. The van der Waals surface area contributed by atoms with E-state index in [1.54, 1.807) is 0 Å². The summed E-state index contributed by atoms with van der Waals surface area (Å²) in [4.78, 5) is 0. The summed E-state index contributed by atoms with van der Waals surface area (Å²) in [5.74, 6) is 1.72. The van der Waals surface area contributed by atoms with E-state index in [0.717, 1.165) is 24.9 Å². The number of rotatable bonds is 6. The molecule has 0 amide bonds. The van der Waals surface area contributed by atoms with Crippen LogP contribution >= 0.6 is 0 Å². The van der Waals surface area contributed by atoms with E-state index in [4.69, 9.17) is 9.47 Å². The van der Waals surface area contributed by atoms with Gasteiger partial charge in [0.2, 0.25) is 0 Å². The number of hydrogen-bond donors (Lipinski definition) is 1. The van der Waals surface area contributed by atoms with Gasteiger partial charge in [0.15, 0.2) is 0 Å². The van der Waals surface area contributed by atoms with Gasteiger partial charge in [-0.2, -0.15) is 0 Å². The van der Waals surface area contributed by atoms with E-state index in [1.807, 2.05) is 13.1 Å². The third kappa shape index (κ3) is 4.50. The van der Waals surface area contributed by atoms with E-state index in [2.05, 4.69) is 37.4 Å². The van der Waals surface area contributed by atoms with Gasteiger partial charge in [-0.25, -0.2) is 0 Å².